The van der Waals surface area contributed by atoms with Crippen molar-refractivity contribution in [2.75, 3.05) is 6.54 Å². The fourth-order valence-electron chi connectivity index (χ4n) is 2.69. The molecule has 1 saturated carbocycles. The lowest BCUT2D eigenvalue weighted by atomic mass is 10.1. The van der Waals surface area contributed by atoms with Gasteiger partial charge in [-0.3, -0.25) is 4.90 Å². The minimum absolute atomic E-state index is 0.241. The zero-order valence-corrected chi connectivity index (χ0v) is 13.6. The van der Waals surface area contributed by atoms with E-state index < -0.39 is 0 Å². The van der Waals surface area contributed by atoms with Crippen LogP contribution in [0.1, 0.15) is 31.2 Å². The van der Waals surface area contributed by atoms with E-state index in [1.165, 1.54) is 12.8 Å². The molecular formula is C14H19BrClN3O. The van der Waals surface area contributed by atoms with Crippen LogP contribution in [0.25, 0.3) is 0 Å². The number of halogens is 2. The first-order valence-electron chi connectivity index (χ1n) is 6.74. The first kappa shape index (κ1) is 15.6. The van der Waals surface area contributed by atoms with Crippen LogP contribution >= 0.6 is 27.5 Å². The van der Waals surface area contributed by atoms with E-state index in [2.05, 4.69) is 26.0 Å². The molecule has 20 heavy (non-hydrogen) atoms. The Bertz CT molecular complexity index is 489. The zero-order chi connectivity index (χ0) is 14.5. The average molecular weight is 361 g/mol. The summed E-state index contributed by atoms with van der Waals surface area (Å²) in [5.74, 6) is 0.241. The van der Waals surface area contributed by atoms with Crippen LogP contribution in [0.3, 0.4) is 0 Å². The summed E-state index contributed by atoms with van der Waals surface area (Å²) in [6.07, 6.45) is 4.80. The van der Waals surface area contributed by atoms with Crippen molar-refractivity contribution in [3.05, 3.63) is 33.3 Å². The van der Waals surface area contributed by atoms with Crippen LogP contribution in [-0.4, -0.2) is 28.5 Å². The van der Waals surface area contributed by atoms with Gasteiger partial charge in [0.25, 0.3) is 0 Å². The predicted octanol–water partition coefficient (Wildman–Crippen LogP) is 3.59. The molecule has 1 aliphatic carbocycles. The second-order valence-electron chi connectivity index (χ2n) is 5.17. The van der Waals surface area contributed by atoms with Gasteiger partial charge in [0, 0.05) is 22.1 Å². The second-order valence-corrected chi connectivity index (χ2v) is 6.49. The largest absolute Gasteiger partial charge is 0.409 e. The lowest BCUT2D eigenvalue weighted by Crippen LogP contribution is -2.39. The van der Waals surface area contributed by atoms with Crippen molar-refractivity contribution in [3.8, 4) is 0 Å². The highest BCUT2D eigenvalue weighted by atomic mass is 79.9. The SMILES string of the molecule is N/C(CN(Cc1ccc(Br)cc1Cl)C1CCCC1)=N/O. The number of hydrogen-bond donors (Lipinski definition) is 2. The number of nitrogens with zero attached hydrogens (tertiary/aromatic N) is 2. The number of benzene rings is 1. The van der Waals surface area contributed by atoms with E-state index in [1.54, 1.807) is 0 Å². The normalized spacial score (nSPS) is 17.1. The average Bonchev–Trinajstić information content (AvgIpc) is 2.94. The van der Waals surface area contributed by atoms with E-state index in [0.717, 1.165) is 27.9 Å². The van der Waals surface area contributed by atoms with Crippen LogP contribution < -0.4 is 5.73 Å². The fraction of sp³-hybridized carbons (Fsp3) is 0.500. The van der Waals surface area contributed by atoms with Crippen LogP contribution in [-0.2, 0) is 6.54 Å². The van der Waals surface area contributed by atoms with E-state index in [1.807, 2.05) is 18.2 Å². The molecule has 6 heteroatoms. The molecule has 110 valence electrons. The highest BCUT2D eigenvalue weighted by molar-refractivity contribution is 9.10. The molecule has 0 saturated heterocycles. The van der Waals surface area contributed by atoms with Crippen LogP contribution in [0.4, 0.5) is 0 Å². The van der Waals surface area contributed by atoms with E-state index in [-0.39, 0.29) is 5.84 Å². The van der Waals surface area contributed by atoms with Crippen molar-refractivity contribution < 1.29 is 5.21 Å². The molecule has 0 atom stereocenters. The van der Waals surface area contributed by atoms with E-state index in [0.29, 0.717) is 19.1 Å². The predicted molar refractivity (Wildman–Crippen MR) is 85.2 cm³/mol. The summed E-state index contributed by atoms with van der Waals surface area (Å²) >= 11 is 9.69. The van der Waals surface area contributed by atoms with Crippen LogP contribution in [0.5, 0.6) is 0 Å². The number of rotatable bonds is 5. The smallest absolute Gasteiger partial charge is 0.153 e. The first-order chi connectivity index (χ1) is 9.60. The van der Waals surface area contributed by atoms with Gasteiger partial charge in [0.2, 0.25) is 0 Å². The van der Waals surface area contributed by atoms with Gasteiger partial charge in [-0.25, -0.2) is 0 Å². The molecule has 0 aliphatic heterocycles. The van der Waals surface area contributed by atoms with Crippen LogP contribution in [0, 0.1) is 0 Å². The molecule has 4 nitrogen and oxygen atoms in total. The Labute approximate surface area is 132 Å². The summed E-state index contributed by atoms with van der Waals surface area (Å²) < 4.78 is 0.968. The van der Waals surface area contributed by atoms with Crippen LogP contribution in [0.2, 0.25) is 5.02 Å². The van der Waals surface area contributed by atoms with Crippen molar-refractivity contribution in [2.45, 2.75) is 38.3 Å². The molecule has 2 rings (SSSR count). The van der Waals surface area contributed by atoms with Crippen LogP contribution in [0.15, 0.2) is 27.8 Å². The molecule has 1 fully saturated rings. The summed E-state index contributed by atoms with van der Waals surface area (Å²) in [5.41, 5.74) is 6.74. The summed E-state index contributed by atoms with van der Waals surface area (Å²) in [6.45, 7) is 1.18. The third kappa shape index (κ3) is 4.11. The number of nitrogens with two attached hydrogens (primary N) is 1. The quantitative estimate of drug-likeness (QED) is 0.365. The van der Waals surface area contributed by atoms with Gasteiger partial charge in [0.15, 0.2) is 5.84 Å². The molecule has 0 bridgehead atoms. The summed E-state index contributed by atoms with van der Waals surface area (Å²) in [7, 11) is 0. The zero-order valence-electron chi connectivity index (χ0n) is 11.2. The van der Waals surface area contributed by atoms with Gasteiger partial charge in [-0.05, 0) is 30.5 Å². The number of amidine groups is 1. The Morgan fingerprint density at radius 1 is 1.45 bits per heavy atom. The molecule has 3 N–H and O–H groups in total. The van der Waals surface area contributed by atoms with Crippen molar-refractivity contribution in [2.24, 2.45) is 10.9 Å². The summed E-state index contributed by atoms with van der Waals surface area (Å²) in [5, 5.41) is 12.6. The Balaban J connectivity index is 2.13. The number of oxime groups is 1. The first-order valence-corrected chi connectivity index (χ1v) is 7.91. The lowest BCUT2D eigenvalue weighted by Gasteiger charge is -2.28. The molecule has 0 amide bonds. The third-order valence-corrected chi connectivity index (χ3v) is 4.57. The van der Waals surface area contributed by atoms with Gasteiger partial charge in [0.05, 0.1) is 6.54 Å². The van der Waals surface area contributed by atoms with Crippen molar-refractivity contribution >= 4 is 33.4 Å². The minimum atomic E-state index is 0.241. The maximum atomic E-state index is 8.79. The van der Waals surface area contributed by atoms with Crippen molar-refractivity contribution in [1.29, 1.82) is 0 Å². The molecule has 1 aromatic carbocycles. The maximum absolute atomic E-state index is 8.79. The molecular weight excluding hydrogens is 342 g/mol. The van der Waals surface area contributed by atoms with Gasteiger partial charge < -0.3 is 10.9 Å². The summed E-state index contributed by atoms with van der Waals surface area (Å²) in [6, 6.07) is 6.38. The van der Waals surface area contributed by atoms with Gasteiger partial charge in [-0.15, -0.1) is 0 Å². The van der Waals surface area contributed by atoms with E-state index in [4.69, 9.17) is 22.5 Å². The molecule has 0 unspecified atom stereocenters. The Hall–Kier alpha value is -0.780. The highest BCUT2D eigenvalue weighted by Crippen LogP contribution is 2.27. The summed E-state index contributed by atoms with van der Waals surface area (Å²) in [4.78, 5) is 2.25. The van der Waals surface area contributed by atoms with Gasteiger partial charge in [-0.2, -0.15) is 0 Å². The minimum Gasteiger partial charge on any atom is -0.409 e. The van der Waals surface area contributed by atoms with E-state index in [9.17, 15) is 0 Å². The van der Waals surface area contributed by atoms with Gasteiger partial charge >= 0.3 is 0 Å². The van der Waals surface area contributed by atoms with E-state index >= 15 is 0 Å². The molecule has 0 radical (unpaired) electrons. The second kappa shape index (κ2) is 7.29. The monoisotopic (exact) mass is 359 g/mol. The van der Waals surface area contributed by atoms with Crippen molar-refractivity contribution in [3.63, 3.8) is 0 Å². The lowest BCUT2D eigenvalue weighted by molar-refractivity contribution is 0.214. The molecule has 0 spiro atoms. The standard InChI is InChI=1S/C14H19BrClN3O/c15-11-6-5-10(13(16)7-11)8-19(9-14(17)18-20)12-3-1-2-4-12/h5-7,12,20H,1-4,8-9H2,(H2,17,18). The Morgan fingerprint density at radius 3 is 2.75 bits per heavy atom. The molecule has 1 aromatic rings. The Kier molecular flexibility index (Phi) is 5.69. The molecule has 0 aromatic heterocycles. The van der Waals surface area contributed by atoms with Gasteiger partial charge in [0.1, 0.15) is 0 Å². The Morgan fingerprint density at radius 2 is 2.15 bits per heavy atom. The topological polar surface area (TPSA) is 61.8 Å². The van der Waals surface area contributed by atoms with Crippen molar-refractivity contribution in [1.82, 2.24) is 4.90 Å². The molecule has 1 aliphatic rings. The fourth-order valence-corrected chi connectivity index (χ4v) is 3.43. The maximum Gasteiger partial charge on any atom is 0.153 e. The number of hydrogen-bond acceptors (Lipinski definition) is 3. The third-order valence-electron chi connectivity index (χ3n) is 3.72. The van der Waals surface area contributed by atoms with Gasteiger partial charge in [-0.1, -0.05) is 51.6 Å². The molecule has 0 heterocycles. The highest BCUT2D eigenvalue weighted by Gasteiger charge is 2.24.